The zero-order valence-corrected chi connectivity index (χ0v) is 11.4. The highest BCUT2D eigenvalue weighted by Gasteiger charge is 2.34. The van der Waals surface area contributed by atoms with Gasteiger partial charge in [0.2, 0.25) is 0 Å². The lowest BCUT2D eigenvalue weighted by Crippen LogP contribution is -2.28. The number of ketones is 1. The number of hydrogen-bond donors (Lipinski definition) is 0. The molecular weight excluding hydrogens is 236 g/mol. The Balaban J connectivity index is 1.94. The number of Topliss-reactive ketones (excluding diaryl/α,β-unsaturated/α-hetero) is 1. The van der Waals surface area contributed by atoms with Crippen molar-refractivity contribution in [3.63, 3.8) is 0 Å². The Morgan fingerprint density at radius 3 is 2.68 bits per heavy atom. The van der Waals surface area contributed by atoms with Gasteiger partial charge in [-0.15, -0.1) is 0 Å². The highest BCUT2D eigenvalue weighted by Crippen LogP contribution is 2.34. The van der Waals surface area contributed by atoms with Crippen molar-refractivity contribution in [3.05, 3.63) is 53.6 Å². The first-order chi connectivity index (χ1) is 9.05. The quantitative estimate of drug-likeness (QED) is 0.825. The van der Waals surface area contributed by atoms with Crippen LogP contribution in [0, 0.1) is 5.41 Å². The third-order valence-corrected chi connectivity index (χ3v) is 3.66. The minimum absolute atomic E-state index is 0.0377. The summed E-state index contributed by atoms with van der Waals surface area (Å²) in [6, 6.07) is 10.2. The molecule has 0 amide bonds. The lowest BCUT2D eigenvalue weighted by molar-refractivity contribution is 0.0901. The maximum Gasteiger partial charge on any atom is 0.181 e. The van der Waals surface area contributed by atoms with E-state index in [4.69, 9.17) is 0 Å². The zero-order valence-electron chi connectivity index (χ0n) is 11.4. The number of benzene rings is 1. The minimum atomic E-state index is 0.0377. The lowest BCUT2D eigenvalue weighted by Gasteiger charge is -2.28. The van der Waals surface area contributed by atoms with Crippen LogP contribution in [-0.2, 0) is 13.0 Å². The molecule has 0 aliphatic heterocycles. The van der Waals surface area contributed by atoms with Gasteiger partial charge in [0, 0.05) is 13.0 Å². The fourth-order valence-electron chi connectivity index (χ4n) is 2.81. The highest BCUT2D eigenvalue weighted by molar-refractivity contribution is 5.97. The van der Waals surface area contributed by atoms with Crippen LogP contribution in [0.25, 0.3) is 0 Å². The van der Waals surface area contributed by atoms with Crippen molar-refractivity contribution in [1.29, 1.82) is 0 Å². The Bertz CT molecular complexity index is 611. The van der Waals surface area contributed by atoms with Gasteiger partial charge in [-0.25, -0.2) is 4.98 Å². The molecule has 1 aromatic heterocycles. The SMILES string of the molecule is CC1(C)CC(=O)c2c(ncn2Cc2ccccc2)C1. The van der Waals surface area contributed by atoms with E-state index in [1.807, 2.05) is 22.8 Å². The standard InChI is InChI=1S/C16H18N2O/c1-16(2)8-13-15(14(19)9-16)18(11-17-13)10-12-6-4-3-5-7-12/h3-7,11H,8-10H2,1-2H3. The van der Waals surface area contributed by atoms with E-state index in [-0.39, 0.29) is 11.2 Å². The van der Waals surface area contributed by atoms with E-state index in [2.05, 4.69) is 31.0 Å². The smallest absolute Gasteiger partial charge is 0.181 e. The zero-order chi connectivity index (χ0) is 13.5. The van der Waals surface area contributed by atoms with Crippen molar-refractivity contribution in [1.82, 2.24) is 9.55 Å². The maximum absolute atomic E-state index is 12.3. The normalized spacial score (nSPS) is 17.3. The van der Waals surface area contributed by atoms with Crippen molar-refractivity contribution in [2.75, 3.05) is 0 Å². The average Bonchev–Trinajstić information content (AvgIpc) is 2.72. The fraction of sp³-hybridized carbons (Fsp3) is 0.375. The first-order valence-corrected chi connectivity index (χ1v) is 6.66. The van der Waals surface area contributed by atoms with Gasteiger partial charge in [-0.3, -0.25) is 4.79 Å². The maximum atomic E-state index is 12.3. The summed E-state index contributed by atoms with van der Waals surface area (Å²) >= 11 is 0. The van der Waals surface area contributed by atoms with Crippen LogP contribution in [0.4, 0.5) is 0 Å². The van der Waals surface area contributed by atoms with Gasteiger partial charge in [-0.05, 0) is 17.4 Å². The molecule has 2 aromatic rings. The van der Waals surface area contributed by atoms with E-state index in [9.17, 15) is 4.79 Å². The van der Waals surface area contributed by atoms with Crippen molar-refractivity contribution in [2.24, 2.45) is 5.41 Å². The number of aromatic nitrogens is 2. The average molecular weight is 254 g/mol. The molecule has 0 radical (unpaired) electrons. The molecule has 0 fully saturated rings. The monoisotopic (exact) mass is 254 g/mol. The Kier molecular flexibility index (Phi) is 2.77. The molecule has 3 rings (SSSR count). The van der Waals surface area contributed by atoms with Gasteiger partial charge in [0.25, 0.3) is 0 Å². The molecule has 0 unspecified atom stereocenters. The Morgan fingerprint density at radius 1 is 1.21 bits per heavy atom. The van der Waals surface area contributed by atoms with Crippen LogP contribution in [0.15, 0.2) is 36.7 Å². The molecule has 0 bridgehead atoms. The Morgan fingerprint density at radius 2 is 1.95 bits per heavy atom. The molecule has 98 valence electrons. The Labute approximate surface area is 113 Å². The van der Waals surface area contributed by atoms with Crippen molar-refractivity contribution in [2.45, 2.75) is 33.2 Å². The topological polar surface area (TPSA) is 34.9 Å². The number of carbonyl (C=O) groups is 1. The summed E-state index contributed by atoms with van der Waals surface area (Å²) in [6.45, 7) is 4.98. The molecular formula is C16H18N2O. The van der Waals surface area contributed by atoms with Crippen LogP contribution in [-0.4, -0.2) is 15.3 Å². The molecule has 3 heteroatoms. The second-order valence-corrected chi connectivity index (χ2v) is 6.09. The summed E-state index contributed by atoms with van der Waals surface area (Å²) in [5, 5.41) is 0. The van der Waals surface area contributed by atoms with E-state index in [1.54, 1.807) is 6.33 Å². The number of imidazole rings is 1. The van der Waals surface area contributed by atoms with Crippen molar-refractivity contribution in [3.8, 4) is 0 Å². The number of carbonyl (C=O) groups excluding carboxylic acids is 1. The molecule has 1 aromatic carbocycles. The molecule has 0 saturated heterocycles. The molecule has 19 heavy (non-hydrogen) atoms. The molecule has 3 nitrogen and oxygen atoms in total. The minimum Gasteiger partial charge on any atom is -0.323 e. The summed E-state index contributed by atoms with van der Waals surface area (Å²) < 4.78 is 1.99. The van der Waals surface area contributed by atoms with E-state index in [0.29, 0.717) is 6.42 Å². The third kappa shape index (κ3) is 2.33. The number of fused-ring (bicyclic) bond motifs is 1. The fourth-order valence-corrected chi connectivity index (χ4v) is 2.81. The number of hydrogen-bond acceptors (Lipinski definition) is 2. The first kappa shape index (κ1) is 12.2. The van der Waals surface area contributed by atoms with Gasteiger partial charge in [0.15, 0.2) is 5.78 Å². The molecule has 0 spiro atoms. The Hall–Kier alpha value is -1.90. The van der Waals surface area contributed by atoms with Gasteiger partial charge in [0.1, 0.15) is 5.69 Å². The van der Waals surface area contributed by atoms with E-state index in [0.717, 1.165) is 24.4 Å². The van der Waals surface area contributed by atoms with Crippen LogP contribution in [0.3, 0.4) is 0 Å². The second-order valence-electron chi connectivity index (χ2n) is 6.09. The van der Waals surface area contributed by atoms with Crippen LogP contribution >= 0.6 is 0 Å². The second kappa shape index (κ2) is 4.34. The summed E-state index contributed by atoms with van der Waals surface area (Å²) in [4.78, 5) is 16.8. The van der Waals surface area contributed by atoms with Gasteiger partial charge in [-0.2, -0.15) is 0 Å². The molecule has 0 N–H and O–H groups in total. The molecule has 1 aliphatic rings. The first-order valence-electron chi connectivity index (χ1n) is 6.66. The van der Waals surface area contributed by atoms with Gasteiger partial charge >= 0.3 is 0 Å². The molecule has 1 heterocycles. The summed E-state index contributed by atoms with van der Waals surface area (Å²) in [5.74, 6) is 0.222. The largest absolute Gasteiger partial charge is 0.323 e. The van der Waals surface area contributed by atoms with Crippen LogP contribution < -0.4 is 0 Å². The van der Waals surface area contributed by atoms with E-state index >= 15 is 0 Å². The summed E-state index contributed by atoms with van der Waals surface area (Å²) in [7, 11) is 0. The summed E-state index contributed by atoms with van der Waals surface area (Å²) in [5.41, 5.74) is 3.00. The van der Waals surface area contributed by atoms with Crippen LogP contribution in [0.2, 0.25) is 0 Å². The lowest BCUT2D eigenvalue weighted by atomic mass is 9.77. The molecule has 1 aliphatic carbocycles. The number of rotatable bonds is 2. The van der Waals surface area contributed by atoms with Crippen LogP contribution in [0.5, 0.6) is 0 Å². The van der Waals surface area contributed by atoms with Gasteiger partial charge in [-0.1, -0.05) is 44.2 Å². The van der Waals surface area contributed by atoms with E-state index < -0.39 is 0 Å². The molecule has 0 atom stereocenters. The highest BCUT2D eigenvalue weighted by atomic mass is 16.1. The van der Waals surface area contributed by atoms with Crippen LogP contribution in [0.1, 0.15) is 42.0 Å². The summed E-state index contributed by atoms with van der Waals surface area (Å²) in [6.07, 6.45) is 3.30. The van der Waals surface area contributed by atoms with Crippen molar-refractivity contribution >= 4 is 5.78 Å². The van der Waals surface area contributed by atoms with Gasteiger partial charge in [0.05, 0.1) is 12.0 Å². The van der Waals surface area contributed by atoms with E-state index in [1.165, 1.54) is 5.56 Å². The third-order valence-electron chi connectivity index (χ3n) is 3.66. The van der Waals surface area contributed by atoms with Gasteiger partial charge < -0.3 is 4.57 Å². The molecule has 0 saturated carbocycles. The van der Waals surface area contributed by atoms with Crippen molar-refractivity contribution < 1.29 is 4.79 Å². The number of nitrogens with zero attached hydrogens (tertiary/aromatic N) is 2. The predicted octanol–water partition coefficient (Wildman–Crippen LogP) is 3.09. The predicted molar refractivity (Wildman–Crippen MR) is 74.2 cm³/mol.